The largest absolute Gasteiger partial charge is 0.316 e. The zero-order valence-corrected chi connectivity index (χ0v) is 12.9. The zero-order valence-electron chi connectivity index (χ0n) is 12.9. The fourth-order valence-electron chi connectivity index (χ4n) is 3.03. The monoisotopic (exact) mass is 260 g/mol. The summed E-state index contributed by atoms with van der Waals surface area (Å²) < 4.78 is 0. The summed E-state index contributed by atoms with van der Waals surface area (Å²) in [7, 11) is 2.24. The van der Waals surface area contributed by atoms with E-state index in [0.29, 0.717) is 11.3 Å². The van der Waals surface area contributed by atoms with Gasteiger partial charge in [-0.15, -0.1) is 0 Å². The first-order chi connectivity index (χ1) is 8.98. The Kier molecular flexibility index (Phi) is 4.64. The molecule has 1 unspecified atom stereocenters. The Hall–Kier alpha value is -0.860. The lowest BCUT2D eigenvalue weighted by atomic mass is 9.89. The van der Waals surface area contributed by atoms with Crippen LogP contribution in [0.2, 0.25) is 0 Å². The predicted molar refractivity (Wildman–Crippen MR) is 82.5 cm³/mol. The van der Waals surface area contributed by atoms with E-state index in [9.17, 15) is 0 Å². The molecule has 1 aromatic carbocycles. The van der Waals surface area contributed by atoms with Crippen LogP contribution in [0.15, 0.2) is 24.3 Å². The Bertz CT molecular complexity index is 388. The number of nitrogens with zero attached hydrogens (tertiary/aromatic N) is 1. The molecule has 1 aromatic rings. The van der Waals surface area contributed by atoms with Crippen molar-refractivity contribution >= 4 is 0 Å². The van der Waals surface area contributed by atoms with Crippen LogP contribution in [-0.2, 0) is 6.54 Å². The van der Waals surface area contributed by atoms with Crippen molar-refractivity contribution in [3.63, 3.8) is 0 Å². The third-order valence-corrected chi connectivity index (χ3v) is 4.21. The van der Waals surface area contributed by atoms with Crippen LogP contribution in [0.4, 0.5) is 0 Å². The van der Waals surface area contributed by atoms with Crippen LogP contribution in [0.3, 0.4) is 0 Å². The number of hydrogen-bond acceptors (Lipinski definition) is 2. The summed E-state index contributed by atoms with van der Waals surface area (Å²) in [6, 6.07) is 9.10. The topological polar surface area (TPSA) is 15.3 Å². The summed E-state index contributed by atoms with van der Waals surface area (Å²) in [5.41, 5.74) is 3.30. The molecule has 1 N–H and O–H groups in total. The van der Waals surface area contributed by atoms with Crippen molar-refractivity contribution in [3.8, 4) is 0 Å². The molecule has 1 atom stereocenters. The van der Waals surface area contributed by atoms with Gasteiger partial charge in [-0.2, -0.15) is 0 Å². The first-order valence-electron chi connectivity index (χ1n) is 7.47. The Morgan fingerprint density at radius 2 is 1.95 bits per heavy atom. The smallest absolute Gasteiger partial charge is 0.0230 e. The third-order valence-electron chi connectivity index (χ3n) is 4.21. The van der Waals surface area contributed by atoms with Gasteiger partial charge in [0.25, 0.3) is 0 Å². The summed E-state index contributed by atoms with van der Waals surface area (Å²) >= 11 is 0. The Balaban J connectivity index is 1.89. The van der Waals surface area contributed by atoms with Crippen LogP contribution >= 0.6 is 0 Å². The third kappa shape index (κ3) is 4.05. The summed E-state index contributed by atoms with van der Waals surface area (Å²) in [5.74, 6) is 0.621. The molecule has 1 fully saturated rings. The van der Waals surface area contributed by atoms with Crippen molar-refractivity contribution in [2.75, 3.05) is 26.7 Å². The second-order valence-electron chi connectivity index (χ2n) is 6.81. The lowest BCUT2D eigenvalue weighted by Crippen LogP contribution is -2.34. The molecule has 1 heterocycles. The Morgan fingerprint density at radius 1 is 1.26 bits per heavy atom. The Morgan fingerprint density at radius 3 is 2.47 bits per heavy atom. The molecule has 0 aromatic heterocycles. The fraction of sp³-hybridized carbons (Fsp3) is 0.647. The van der Waals surface area contributed by atoms with Crippen LogP contribution in [0, 0.1) is 5.41 Å². The molecule has 0 amide bonds. The molecular weight excluding hydrogens is 232 g/mol. The van der Waals surface area contributed by atoms with Crippen molar-refractivity contribution in [3.05, 3.63) is 35.4 Å². The van der Waals surface area contributed by atoms with Crippen LogP contribution in [0.25, 0.3) is 0 Å². The van der Waals surface area contributed by atoms with Gasteiger partial charge in [0.05, 0.1) is 0 Å². The molecule has 0 spiro atoms. The fourth-order valence-corrected chi connectivity index (χ4v) is 3.03. The maximum atomic E-state index is 3.48. The highest BCUT2D eigenvalue weighted by Gasteiger charge is 2.29. The molecule has 19 heavy (non-hydrogen) atoms. The molecule has 1 aliphatic rings. The van der Waals surface area contributed by atoms with Gasteiger partial charge in [0.2, 0.25) is 0 Å². The van der Waals surface area contributed by atoms with Gasteiger partial charge in [-0.1, -0.05) is 45.0 Å². The SMILES string of the molecule is CC(C)c1ccc(CN(C)CC2(C)CCNC2)cc1. The van der Waals surface area contributed by atoms with Crippen molar-refractivity contribution in [1.82, 2.24) is 10.2 Å². The van der Waals surface area contributed by atoms with Gasteiger partial charge in [-0.3, -0.25) is 0 Å². The van der Waals surface area contributed by atoms with E-state index in [4.69, 9.17) is 0 Å². The lowest BCUT2D eigenvalue weighted by Gasteiger charge is -2.29. The van der Waals surface area contributed by atoms with Gasteiger partial charge in [0.1, 0.15) is 0 Å². The number of hydrogen-bond donors (Lipinski definition) is 1. The minimum atomic E-state index is 0.451. The molecule has 0 aliphatic carbocycles. The quantitative estimate of drug-likeness (QED) is 0.874. The van der Waals surface area contributed by atoms with Gasteiger partial charge >= 0.3 is 0 Å². The predicted octanol–water partition coefficient (Wildman–Crippen LogP) is 3.24. The minimum Gasteiger partial charge on any atom is -0.316 e. The van der Waals surface area contributed by atoms with Crippen molar-refractivity contribution in [2.24, 2.45) is 5.41 Å². The summed E-state index contributed by atoms with van der Waals surface area (Å²) in [5, 5.41) is 3.48. The van der Waals surface area contributed by atoms with E-state index in [1.54, 1.807) is 0 Å². The van der Waals surface area contributed by atoms with Crippen molar-refractivity contribution in [2.45, 2.75) is 39.7 Å². The second kappa shape index (κ2) is 6.06. The molecule has 1 aliphatic heterocycles. The maximum absolute atomic E-state index is 3.48. The average Bonchev–Trinajstić information content (AvgIpc) is 2.76. The van der Waals surface area contributed by atoms with Crippen LogP contribution in [0.5, 0.6) is 0 Å². The lowest BCUT2D eigenvalue weighted by molar-refractivity contribution is 0.203. The first kappa shape index (κ1) is 14.5. The summed E-state index contributed by atoms with van der Waals surface area (Å²) in [4.78, 5) is 2.46. The molecule has 2 nitrogen and oxygen atoms in total. The van der Waals surface area contributed by atoms with E-state index in [1.807, 2.05) is 0 Å². The molecule has 0 saturated carbocycles. The van der Waals surface area contributed by atoms with E-state index in [2.05, 4.69) is 62.3 Å². The summed E-state index contributed by atoms with van der Waals surface area (Å²) in [6.45, 7) is 11.4. The molecule has 0 bridgehead atoms. The highest BCUT2D eigenvalue weighted by Crippen LogP contribution is 2.25. The van der Waals surface area contributed by atoms with Crippen LogP contribution in [-0.4, -0.2) is 31.6 Å². The van der Waals surface area contributed by atoms with Gasteiger partial charge in [-0.25, -0.2) is 0 Å². The molecule has 1 saturated heterocycles. The number of nitrogens with one attached hydrogen (secondary N) is 1. The standard InChI is InChI=1S/C17H28N2/c1-14(2)16-7-5-15(6-8-16)11-19(4)13-17(3)9-10-18-12-17/h5-8,14,18H,9-13H2,1-4H3. The zero-order chi connectivity index (χ0) is 13.9. The van der Waals surface area contributed by atoms with Gasteiger partial charge in [0, 0.05) is 19.6 Å². The molecule has 2 rings (SSSR count). The highest BCUT2D eigenvalue weighted by atomic mass is 15.1. The van der Waals surface area contributed by atoms with E-state index < -0.39 is 0 Å². The van der Waals surface area contributed by atoms with Crippen LogP contribution < -0.4 is 5.32 Å². The van der Waals surface area contributed by atoms with Crippen molar-refractivity contribution in [1.29, 1.82) is 0 Å². The van der Waals surface area contributed by atoms with E-state index in [-0.39, 0.29) is 0 Å². The van der Waals surface area contributed by atoms with E-state index in [1.165, 1.54) is 30.6 Å². The molecule has 106 valence electrons. The number of benzene rings is 1. The van der Waals surface area contributed by atoms with Crippen molar-refractivity contribution < 1.29 is 0 Å². The normalized spacial score (nSPS) is 23.5. The highest BCUT2D eigenvalue weighted by molar-refractivity contribution is 5.24. The number of rotatable bonds is 5. The van der Waals surface area contributed by atoms with Gasteiger partial charge in [0.15, 0.2) is 0 Å². The van der Waals surface area contributed by atoms with E-state index >= 15 is 0 Å². The molecule has 0 radical (unpaired) electrons. The van der Waals surface area contributed by atoms with Crippen LogP contribution in [0.1, 0.15) is 44.2 Å². The molecular formula is C17H28N2. The molecule has 2 heteroatoms. The second-order valence-corrected chi connectivity index (χ2v) is 6.81. The van der Waals surface area contributed by atoms with Gasteiger partial charge < -0.3 is 10.2 Å². The summed E-state index contributed by atoms with van der Waals surface area (Å²) in [6.07, 6.45) is 1.30. The Labute approximate surface area is 118 Å². The minimum absolute atomic E-state index is 0.451. The first-order valence-corrected chi connectivity index (χ1v) is 7.47. The maximum Gasteiger partial charge on any atom is 0.0230 e. The van der Waals surface area contributed by atoms with E-state index in [0.717, 1.165) is 13.1 Å². The van der Waals surface area contributed by atoms with Gasteiger partial charge in [-0.05, 0) is 42.5 Å². The average molecular weight is 260 g/mol.